The van der Waals surface area contributed by atoms with E-state index in [0.717, 1.165) is 11.1 Å². The van der Waals surface area contributed by atoms with Gasteiger partial charge in [-0.15, -0.1) is 0 Å². The van der Waals surface area contributed by atoms with Crippen LogP contribution in [0.3, 0.4) is 0 Å². The number of anilines is 1. The van der Waals surface area contributed by atoms with Gasteiger partial charge in [0.2, 0.25) is 5.28 Å². The van der Waals surface area contributed by atoms with Crippen molar-refractivity contribution >= 4 is 40.5 Å². The molecule has 2 aromatic heterocycles. The number of nitrogens with two attached hydrogens (primary N) is 1. The number of esters is 1. The van der Waals surface area contributed by atoms with Gasteiger partial charge in [-0.2, -0.15) is 9.97 Å². The van der Waals surface area contributed by atoms with E-state index in [1.54, 1.807) is 24.3 Å². The number of carboxylic acids is 1. The zero-order valence-electron chi connectivity index (χ0n) is 22.1. The first-order valence-electron chi connectivity index (χ1n) is 13.0. The summed E-state index contributed by atoms with van der Waals surface area (Å²) in [5.41, 5.74) is 3.46. The number of carbonyl (C=O) groups excluding carboxylic acids is 1. The van der Waals surface area contributed by atoms with E-state index < -0.39 is 54.2 Å². The molecule has 0 spiro atoms. The van der Waals surface area contributed by atoms with Gasteiger partial charge in [0.05, 0.1) is 12.9 Å². The molecule has 3 heterocycles. The minimum Gasteiger partial charge on any atom is -0.479 e. The lowest BCUT2D eigenvalue weighted by Gasteiger charge is -2.30. The number of carbonyl (C=O) groups is 2. The maximum atomic E-state index is 15.8. The highest BCUT2D eigenvalue weighted by Gasteiger charge is 2.80. The number of carboxylic acid groups (broad SMARTS) is 1. The van der Waals surface area contributed by atoms with Crippen LogP contribution in [-0.4, -0.2) is 77.9 Å². The van der Waals surface area contributed by atoms with Crippen LogP contribution in [0, 0.1) is 0 Å². The van der Waals surface area contributed by atoms with Crippen molar-refractivity contribution in [2.75, 3.05) is 12.3 Å². The molecule has 6 rings (SSSR count). The average Bonchev–Trinajstić information content (AvgIpc) is 3.21. The first kappa shape index (κ1) is 28.0. The van der Waals surface area contributed by atoms with E-state index in [9.17, 15) is 19.8 Å². The first-order valence-corrected chi connectivity index (χ1v) is 13.4. The van der Waals surface area contributed by atoms with Crippen LogP contribution < -0.4 is 5.73 Å². The fraction of sp³-hybridized carbons (Fsp3) is 0.321. The van der Waals surface area contributed by atoms with Crippen molar-refractivity contribution in [1.29, 1.82) is 0 Å². The number of alkyl halides is 1. The fourth-order valence-corrected chi connectivity index (χ4v) is 5.48. The molecular formula is C28H25ClFN5O7. The van der Waals surface area contributed by atoms with Crippen LogP contribution in [0.5, 0.6) is 0 Å². The number of hydrogen-bond donors (Lipinski definition) is 3. The summed E-state index contributed by atoms with van der Waals surface area (Å²) in [6, 6.07) is 16.4. The van der Waals surface area contributed by atoms with Crippen LogP contribution in [-0.2, 0) is 30.2 Å². The Labute approximate surface area is 242 Å². The zero-order chi connectivity index (χ0) is 29.8. The molecule has 6 atom stereocenters. The number of ether oxygens (including phenoxy) is 3. The molecule has 0 amide bonds. The molecule has 42 heavy (non-hydrogen) atoms. The molecule has 4 N–H and O–H groups in total. The third-order valence-electron chi connectivity index (χ3n) is 7.54. The second-order valence-electron chi connectivity index (χ2n) is 10.1. The monoisotopic (exact) mass is 597 g/mol. The summed E-state index contributed by atoms with van der Waals surface area (Å²) in [7, 11) is 0. The Morgan fingerprint density at radius 3 is 2.48 bits per heavy atom. The average molecular weight is 598 g/mol. The van der Waals surface area contributed by atoms with Crippen LogP contribution in [0.2, 0.25) is 5.28 Å². The number of fused-ring (bicyclic) bond motifs is 2. The quantitative estimate of drug-likeness (QED) is 0.147. The molecule has 218 valence electrons. The Morgan fingerprint density at radius 1 is 1.17 bits per heavy atom. The Morgan fingerprint density at radius 2 is 1.86 bits per heavy atom. The van der Waals surface area contributed by atoms with E-state index in [0.29, 0.717) is 5.56 Å². The van der Waals surface area contributed by atoms with Crippen LogP contribution in [0.4, 0.5) is 10.2 Å². The van der Waals surface area contributed by atoms with Crippen molar-refractivity contribution in [3.8, 4) is 11.1 Å². The standard InChI is InChI=1S/C28H25ClFN5O7/c1-2-40-25(38)27(24(36)37,12-14-8-10-16(11-9-14)15-6-4-3-5-7-15)42-20-19-28(20,39)18(30)23(41-19)35-13-32-17-21(31)33-26(29)34-22(17)35/h3-11,13,18-20,23,39H,2,12H2,1H3,(H,36,37)(H2,31,33,34)/t18-,19-,20?,23-,27-,28+/m1/s1. The molecule has 1 unspecified atom stereocenters. The van der Waals surface area contributed by atoms with Gasteiger partial charge in [0.15, 0.2) is 29.5 Å². The van der Waals surface area contributed by atoms with Crippen molar-refractivity contribution in [2.24, 2.45) is 0 Å². The molecule has 14 heteroatoms. The van der Waals surface area contributed by atoms with Crippen molar-refractivity contribution in [3.05, 3.63) is 71.8 Å². The summed E-state index contributed by atoms with van der Waals surface area (Å²) in [4.78, 5) is 37.7. The molecule has 12 nitrogen and oxygen atoms in total. The molecule has 2 aromatic carbocycles. The predicted octanol–water partition coefficient (Wildman–Crippen LogP) is 2.72. The summed E-state index contributed by atoms with van der Waals surface area (Å²) < 4.78 is 33.7. The maximum Gasteiger partial charge on any atom is 0.350 e. The van der Waals surface area contributed by atoms with Crippen molar-refractivity contribution in [3.63, 3.8) is 0 Å². The summed E-state index contributed by atoms with van der Waals surface area (Å²) in [5.74, 6) is -2.87. The summed E-state index contributed by atoms with van der Waals surface area (Å²) >= 11 is 5.90. The molecule has 2 fully saturated rings. The molecule has 0 bridgehead atoms. The fourth-order valence-electron chi connectivity index (χ4n) is 5.31. The largest absolute Gasteiger partial charge is 0.479 e. The minimum atomic E-state index is -2.59. The smallest absolute Gasteiger partial charge is 0.350 e. The van der Waals surface area contributed by atoms with Gasteiger partial charge in [-0.3, -0.25) is 4.57 Å². The minimum absolute atomic E-state index is 0.0280. The molecule has 1 saturated heterocycles. The number of hydrogen-bond acceptors (Lipinski definition) is 10. The van der Waals surface area contributed by atoms with E-state index in [4.69, 9.17) is 31.5 Å². The number of imidazole rings is 1. The van der Waals surface area contributed by atoms with Gasteiger partial charge in [0, 0.05) is 6.42 Å². The molecular weight excluding hydrogens is 573 g/mol. The lowest BCUT2D eigenvalue weighted by molar-refractivity contribution is -0.198. The van der Waals surface area contributed by atoms with Gasteiger partial charge in [0.25, 0.3) is 5.60 Å². The van der Waals surface area contributed by atoms with Gasteiger partial charge in [-0.25, -0.2) is 19.0 Å². The summed E-state index contributed by atoms with van der Waals surface area (Å²) in [6.45, 7) is 1.38. The maximum absolute atomic E-state index is 15.8. The van der Waals surface area contributed by atoms with Gasteiger partial charge in [0.1, 0.15) is 17.7 Å². The van der Waals surface area contributed by atoms with E-state index >= 15 is 4.39 Å². The second kappa shape index (κ2) is 10.3. The highest BCUT2D eigenvalue weighted by atomic mass is 35.5. The topological polar surface area (TPSA) is 172 Å². The molecule has 0 radical (unpaired) electrons. The van der Waals surface area contributed by atoms with Crippen molar-refractivity contribution < 1.29 is 38.4 Å². The third-order valence-corrected chi connectivity index (χ3v) is 7.71. The van der Waals surface area contributed by atoms with E-state index in [1.165, 1.54) is 17.8 Å². The number of aromatic nitrogens is 4. The second-order valence-corrected chi connectivity index (χ2v) is 10.4. The zero-order valence-corrected chi connectivity index (χ0v) is 22.8. The molecule has 1 aliphatic carbocycles. The number of aliphatic carboxylic acids is 1. The van der Waals surface area contributed by atoms with E-state index in [2.05, 4.69) is 15.0 Å². The first-order chi connectivity index (χ1) is 20.1. The third kappa shape index (κ3) is 4.36. The Balaban J connectivity index is 1.27. The number of nitrogen functional groups attached to an aromatic ring is 1. The number of benzene rings is 2. The predicted molar refractivity (Wildman–Crippen MR) is 146 cm³/mol. The molecule has 4 aromatic rings. The van der Waals surface area contributed by atoms with Gasteiger partial charge in [-0.1, -0.05) is 54.6 Å². The summed E-state index contributed by atoms with van der Waals surface area (Å²) in [6.07, 6.45) is -5.58. The van der Waals surface area contributed by atoms with Gasteiger partial charge >= 0.3 is 11.9 Å². The van der Waals surface area contributed by atoms with E-state index in [1.807, 2.05) is 30.3 Å². The van der Waals surface area contributed by atoms with Crippen LogP contribution in [0.15, 0.2) is 60.9 Å². The van der Waals surface area contributed by atoms with Gasteiger partial charge < -0.3 is 30.2 Å². The van der Waals surface area contributed by atoms with Crippen LogP contribution >= 0.6 is 11.6 Å². The number of nitrogens with zero attached hydrogens (tertiary/aromatic N) is 4. The molecule has 1 saturated carbocycles. The molecule has 1 aliphatic heterocycles. The van der Waals surface area contributed by atoms with E-state index in [-0.39, 0.29) is 28.9 Å². The SMILES string of the molecule is CCOC(=O)[C@](Cc1ccc(-c2ccccc2)cc1)(OC1[C@H]2O[C@@H](n3cnc4c(N)nc(Cl)nc43)[C@@H](F)[C@@]12O)C(=O)O. The van der Waals surface area contributed by atoms with Crippen LogP contribution in [0.25, 0.3) is 22.3 Å². The lowest BCUT2D eigenvalue weighted by atomic mass is 9.92. The number of halogens is 2. The van der Waals surface area contributed by atoms with Gasteiger partial charge in [-0.05, 0) is 35.2 Å². The van der Waals surface area contributed by atoms with Crippen molar-refractivity contribution in [2.45, 2.75) is 49.2 Å². The highest BCUT2D eigenvalue weighted by molar-refractivity contribution is 6.28. The Hall–Kier alpha value is -4.17. The number of rotatable bonds is 9. The van der Waals surface area contributed by atoms with Crippen LogP contribution in [0.1, 0.15) is 18.7 Å². The summed E-state index contributed by atoms with van der Waals surface area (Å²) in [5, 5.41) is 21.3. The van der Waals surface area contributed by atoms with Crippen molar-refractivity contribution in [1.82, 2.24) is 19.5 Å². The Bertz CT molecular complexity index is 1670. The number of aliphatic hydroxyl groups is 1. The normalized spacial score (nSPS) is 26.0. The Kier molecular flexibility index (Phi) is 6.84. The highest BCUT2D eigenvalue weighted by Crippen LogP contribution is 2.58. The molecule has 2 aliphatic rings. The lowest BCUT2D eigenvalue weighted by Crippen LogP contribution is -2.54.